The van der Waals surface area contributed by atoms with Gasteiger partial charge in [0.1, 0.15) is 0 Å². The Labute approximate surface area is 83.1 Å². The van der Waals surface area contributed by atoms with Crippen LogP contribution >= 0.6 is 11.3 Å². The Kier molecular flexibility index (Phi) is 4.35. The van der Waals surface area contributed by atoms with Gasteiger partial charge in [0.15, 0.2) is 0 Å². The summed E-state index contributed by atoms with van der Waals surface area (Å²) >= 11 is 1.69. The molecule has 1 rings (SSSR count). The van der Waals surface area contributed by atoms with Crippen molar-refractivity contribution in [2.24, 2.45) is 0 Å². The Morgan fingerprint density at radius 3 is 2.92 bits per heavy atom. The summed E-state index contributed by atoms with van der Waals surface area (Å²) in [7, 11) is 3.70. The number of ether oxygens (including phenoxy) is 1. The van der Waals surface area contributed by atoms with Crippen molar-refractivity contribution >= 4 is 11.3 Å². The molecule has 1 heterocycles. The lowest BCUT2D eigenvalue weighted by atomic mass is 10.1. The highest BCUT2D eigenvalue weighted by molar-refractivity contribution is 7.09. The third-order valence-corrected chi connectivity index (χ3v) is 3.02. The SMILES string of the molecule is CNC(Cc1cncs1)C(C)OC. The minimum Gasteiger partial charge on any atom is -0.380 e. The molecule has 1 aromatic heterocycles. The molecule has 0 saturated heterocycles. The molecule has 4 heteroatoms. The number of nitrogens with zero attached hydrogens (tertiary/aromatic N) is 1. The van der Waals surface area contributed by atoms with E-state index in [9.17, 15) is 0 Å². The summed E-state index contributed by atoms with van der Waals surface area (Å²) in [5.74, 6) is 0. The number of rotatable bonds is 5. The lowest BCUT2D eigenvalue weighted by Gasteiger charge is -2.21. The third kappa shape index (κ3) is 3.06. The molecule has 1 aromatic rings. The molecule has 0 aliphatic rings. The van der Waals surface area contributed by atoms with Crippen molar-refractivity contribution in [3.8, 4) is 0 Å². The monoisotopic (exact) mass is 200 g/mol. The minimum atomic E-state index is 0.229. The van der Waals surface area contributed by atoms with Crippen LogP contribution in [0.3, 0.4) is 0 Å². The topological polar surface area (TPSA) is 34.2 Å². The van der Waals surface area contributed by atoms with Gasteiger partial charge < -0.3 is 10.1 Å². The summed E-state index contributed by atoms with van der Waals surface area (Å²) < 4.78 is 5.27. The quantitative estimate of drug-likeness (QED) is 0.778. The molecule has 0 spiro atoms. The van der Waals surface area contributed by atoms with Crippen LogP contribution in [0.25, 0.3) is 0 Å². The highest BCUT2D eigenvalue weighted by atomic mass is 32.1. The standard InChI is InChI=1S/C9H16N2OS/c1-7(12-3)9(10-2)4-8-5-11-6-13-8/h5-7,9-10H,4H2,1-3H3. The van der Waals surface area contributed by atoms with Crippen LogP contribution < -0.4 is 5.32 Å². The second-order valence-electron chi connectivity index (χ2n) is 3.01. The second kappa shape index (κ2) is 5.32. The Morgan fingerprint density at radius 2 is 2.46 bits per heavy atom. The molecule has 0 aliphatic heterocycles. The Hall–Kier alpha value is -0.450. The minimum absolute atomic E-state index is 0.229. The summed E-state index contributed by atoms with van der Waals surface area (Å²) in [6.45, 7) is 2.07. The molecule has 3 nitrogen and oxygen atoms in total. The van der Waals surface area contributed by atoms with E-state index in [1.165, 1.54) is 4.88 Å². The third-order valence-electron chi connectivity index (χ3n) is 2.21. The first-order valence-electron chi connectivity index (χ1n) is 4.35. The van der Waals surface area contributed by atoms with E-state index < -0.39 is 0 Å². The van der Waals surface area contributed by atoms with Crippen LogP contribution in [-0.2, 0) is 11.2 Å². The first-order chi connectivity index (χ1) is 6.27. The molecular weight excluding hydrogens is 184 g/mol. The molecule has 0 bridgehead atoms. The molecule has 1 N–H and O–H groups in total. The lowest BCUT2D eigenvalue weighted by molar-refractivity contribution is 0.0859. The molecule has 0 amide bonds. The van der Waals surface area contributed by atoms with E-state index >= 15 is 0 Å². The van der Waals surface area contributed by atoms with Crippen LogP contribution in [0.2, 0.25) is 0 Å². The van der Waals surface area contributed by atoms with Gasteiger partial charge in [0.05, 0.1) is 11.6 Å². The van der Waals surface area contributed by atoms with Gasteiger partial charge >= 0.3 is 0 Å². The maximum absolute atomic E-state index is 5.27. The fourth-order valence-electron chi connectivity index (χ4n) is 1.23. The highest BCUT2D eigenvalue weighted by Gasteiger charge is 2.15. The summed E-state index contributed by atoms with van der Waals surface area (Å²) in [6.07, 6.45) is 3.13. The van der Waals surface area contributed by atoms with E-state index in [1.54, 1.807) is 18.4 Å². The zero-order valence-corrected chi connectivity index (χ0v) is 9.10. The number of methoxy groups -OCH3 is 1. The van der Waals surface area contributed by atoms with Gasteiger partial charge in [-0.3, -0.25) is 4.98 Å². The smallest absolute Gasteiger partial charge is 0.0794 e. The van der Waals surface area contributed by atoms with Crippen molar-refractivity contribution < 1.29 is 4.74 Å². The van der Waals surface area contributed by atoms with Gasteiger partial charge in [-0.15, -0.1) is 11.3 Å². The van der Waals surface area contributed by atoms with Gasteiger partial charge in [-0.25, -0.2) is 0 Å². The molecule has 0 aliphatic carbocycles. The molecular formula is C9H16N2OS. The summed E-state index contributed by atoms with van der Waals surface area (Å²) in [5.41, 5.74) is 1.86. The number of aromatic nitrogens is 1. The second-order valence-corrected chi connectivity index (χ2v) is 3.98. The number of thiazole rings is 1. The summed E-state index contributed by atoms with van der Waals surface area (Å²) in [5, 5.41) is 3.24. The fourth-order valence-corrected chi connectivity index (χ4v) is 1.88. The van der Waals surface area contributed by atoms with Crippen molar-refractivity contribution in [1.82, 2.24) is 10.3 Å². The van der Waals surface area contributed by atoms with Crippen molar-refractivity contribution in [2.45, 2.75) is 25.5 Å². The Bertz CT molecular complexity index is 226. The van der Waals surface area contributed by atoms with Crippen molar-refractivity contribution in [2.75, 3.05) is 14.2 Å². The average molecular weight is 200 g/mol. The number of hydrogen-bond donors (Lipinski definition) is 1. The summed E-state index contributed by atoms with van der Waals surface area (Å²) in [4.78, 5) is 5.34. The number of hydrogen-bond acceptors (Lipinski definition) is 4. The van der Waals surface area contributed by atoms with Gasteiger partial charge in [-0.1, -0.05) is 0 Å². The molecule has 13 heavy (non-hydrogen) atoms. The highest BCUT2D eigenvalue weighted by Crippen LogP contribution is 2.11. The van der Waals surface area contributed by atoms with Crippen molar-refractivity contribution in [1.29, 1.82) is 0 Å². The van der Waals surface area contributed by atoms with Gasteiger partial charge in [-0.05, 0) is 14.0 Å². The average Bonchev–Trinajstić information content (AvgIpc) is 2.65. The van der Waals surface area contributed by atoms with Crippen LogP contribution in [0, 0.1) is 0 Å². The predicted octanol–water partition coefficient (Wildman–Crippen LogP) is 1.31. The lowest BCUT2D eigenvalue weighted by Crippen LogP contribution is -2.38. The predicted molar refractivity (Wildman–Crippen MR) is 55.1 cm³/mol. The molecule has 0 aromatic carbocycles. The molecule has 74 valence electrons. The first-order valence-corrected chi connectivity index (χ1v) is 5.23. The maximum atomic E-state index is 5.27. The van der Waals surface area contributed by atoms with E-state index in [4.69, 9.17) is 4.74 Å². The maximum Gasteiger partial charge on any atom is 0.0794 e. The van der Waals surface area contributed by atoms with Crippen molar-refractivity contribution in [3.05, 3.63) is 16.6 Å². The van der Waals surface area contributed by atoms with E-state index in [1.807, 2.05) is 18.8 Å². The van der Waals surface area contributed by atoms with Crippen LogP contribution in [0.15, 0.2) is 11.7 Å². The first kappa shape index (κ1) is 10.6. The zero-order chi connectivity index (χ0) is 9.68. The fraction of sp³-hybridized carbons (Fsp3) is 0.667. The summed E-state index contributed by atoms with van der Waals surface area (Å²) in [6, 6.07) is 0.366. The molecule has 2 unspecified atom stereocenters. The molecule has 0 radical (unpaired) electrons. The largest absolute Gasteiger partial charge is 0.380 e. The van der Waals surface area contributed by atoms with E-state index in [0.717, 1.165) is 6.42 Å². The van der Waals surface area contributed by atoms with E-state index in [-0.39, 0.29) is 6.10 Å². The zero-order valence-electron chi connectivity index (χ0n) is 8.28. The molecule has 0 saturated carbocycles. The van der Waals surface area contributed by atoms with Crippen molar-refractivity contribution in [3.63, 3.8) is 0 Å². The molecule has 2 atom stereocenters. The molecule has 0 fully saturated rings. The van der Waals surface area contributed by atoms with Crippen LogP contribution in [0.1, 0.15) is 11.8 Å². The van der Waals surface area contributed by atoms with Crippen LogP contribution in [-0.4, -0.2) is 31.3 Å². The number of likely N-dealkylation sites (N-methyl/N-ethyl adjacent to an activating group) is 1. The normalized spacial score (nSPS) is 15.6. The van der Waals surface area contributed by atoms with Gasteiger partial charge in [0, 0.05) is 30.6 Å². The Balaban J connectivity index is 2.49. The van der Waals surface area contributed by atoms with E-state index in [2.05, 4.69) is 17.2 Å². The Morgan fingerprint density at radius 1 is 1.69 bits per heavy atom. The van der Waals surface area contributed by atoms with Crippen LogP contribution in [0.5, 0.6) is 0 Å². The van der Waals surface area contributed by atoms with Gasteiger partial charge in [0.2, 0.25) is 0 Å². The van der Waals surface area contributed by atoms with Crippen LogP contribution in [0.4, 0.5) is 0 Å². The van der Waals surface area contributed by atoms with Gasteiger partial charge in [-0.2, -0.15) is 0 Å². The number of nitrogens with one attached hydrogen (secondary N) is 1. The van der Waals surface area contributed by atoms with Gasteiger partial charge in [0.25, 0.3) is 0 Å². The van der Waals surface area contributed by atoms with E-state index in [0.29, 0.717) is 6.04 Å².